The van der Waals surface area contributed by atoms with Crippen LogP contribution < -0.4 is 20.8 Å². The molecule has 0 saturated carbocycles. The molecule has 2 aromatic rings. The number of carbonyl (C=O) groups is 1. The number of carbonyl (C=O) groups excluding carboxylic acids is 1. The average Bonchev–Trinajstić information content (AvgIpc) is 2.83. The molecule has 140 valence electrons. The topological polar surface area (TPSA) is 117 Å². The van der Waals surface area contributed by atoms with E-state index in [4.69, 9.17) is 29.0 Å². The van der Waals surface area contributed by atoms with Gasteiger partial charge in [-0.1, -0.05) is 23.7 Å². The van der Waals surface area contributed by atoms with E-state index in [0.29, 0.717) is 16.3 Å². The van der Waals surface area contributed by atoms with Gasteiger partial charge in [0.25, 0.3) is 5.91 Å². The molecule has 0 bridgehead atoms. The Hall–Kier alpha value is -2.53. The highest BCUT2D eigenvalue weighted by Gasteiger charge is 2.31. The molecule has 1 aliphatic rings. The van der Waals surface area contributed by atoms with Crippen LogP contribution in [0.5, 0.6) is 0 Å². The number of fused-ring (bicyclic) bond motifs is 1. The van der Waals surface area contributed by atoms with E-state index in [2.05, 4.69) is 15.8 Å². The monoisotopic (exact) mass is 423 g/mol. The van der Waals surface area contributed by atoms with Gasteiger partial charge in [0, 0.05) is 17.6 Å². The van der Waals surface area contributed by atoms with Gasteiger partial charge in [0.15, 0.2) is 10.8 Å². The van der Waals surface area contributed by atoms with E-state index in [9.17, 15) is 13.2 Å². The van der Waals surface area contributed by atoms with Crippen LogP contribution in [-0.2, 0) is 14.8 Å². The van der Waals surface area contributed by atoms with Crippen molar-refractivity contribution in [3.05, 3.63) is 53.1 Å². The second kappa shape index (κ2) is 7.24. The molecule has 0 atom stereocenters. The Morgan fingerprint density at radius 3 is 2.67 bits per heavy atom. The number of sulfonamides is 1. The Morgan fingerprint density at radius 1 is 1.26 bits per heavy atom. The van der Waals surface area contributed by atoms with Gasteiger partial charge in [-0.2, -0.15) is 5.10 Å². The molecule has 0 saturated heterocycles. The van der Waals surface area contributed by atoms with Crippen LogP contribution >= 0.6 is 23.8 Å². The van der Waals surface area contributed by atoms with Crippen molar-refractivity contribution < 1.29 is 13.2 Å². The molecule has 0 aromatic heterocycles. The maximum Gasteiger partial charge on any atom is 0.279 e. The van der Waals surface area contributed by atoms with E-state index in [-0.39, 0.29) is 27.3 Å². The zero-order valence-corrected chi connectivity index (χ0v) is 16.3. The number of nitrogens with zero attached hydrogens (tertiary/aromatic N) is 2. The number of nitrogens with one attached hydrogen (secondary N) is 2. The number of primary sulfonamides is 1. The largest absolute Gasteiger partial charge is 0.330 e. The third-order valence-electron chi connectivity index (χ3n) is 3.79. The van der Waals surface area contributed by atoms with E-state index in [0.717, 1.165) is 0 Å². The summed E-state index contributed by atoms with van der Waals surface area (Å²) < 4.78 is 23.3. The number of rotatable bonds is 3. The van der Waals surface area contributed by atoms with Gasteiger partial charge < -0.3 is 10.2 Å². The predicted molar refractivity (Wildman–Crippen MR) is 109 cm³/mol. The normalized spacial score (nSPS) is 15.0. The first-order chi connectivity index (χ1) is 12.7. The van der Waals surface area contributed by atoms with Gasteiger partial charge in [0.1, 0.15) is 4.90 Å². The van der Waals surface area contributed by atoms with E-state index < -0.39 is 10.0 Å². The number of hydrogen-bond acceptors (Lipinski definition) is 5. The first-order valence-electron chi connectivity index (χ1n) is 7.53. The average molecular weight is 424 g/mol. The highest BCUT2D eigenvalue weighted by molar-refractivity contribution is 7.89. The van der Waals surface area contributed by atoms with Crippen molar-refractivity contribution in [2.24, 2.45) is 10.2 Å². The number of para-hydroxylation sites is 1. The molecular weight excluding hydrogens is 410 g/mol. The van der Waals surface area contributed by atoms with E-state index >= 15 is 0 Å². The molecule has 0 spiro atoms. The minimum atomic E-state index is -3.93. The van der Waals surface area contributed by atoms with E-state index in [1.54, 1.807) is 31.3 Å². The number of halogens is 1. The summed E-state index contributed by atoms with van der Waals surface area (Å²) in [5.74, 6) is -0.326. The minimum absolute atomic E-state index is 0.00969. The second-order valence-electron chi connectivity index (χ2n) is 5.59. The van der Waals surface area contributed by atoms with Crippen LogP contribution in [0.3, 0.4) is 0 Å². The molecule has 0 radical (unpaired) electrons. The number of likely N-dealkylation sites (N-methyl/N-ethyl adjacent to an activating group) is 1. The van der Waals surface area contributed by atoms with Crippen molar-refractivity contribution >= 4 is 61.9 Å². The standard InChI is InChI=1S/C16H14ClN5O3S2/c1-22-12-7-6-9(17)8-10(12)14(15(22)23)20-21-16(26)19-11-4-2-3-5-13(11)27(18,24)25/h2-8H,1H3,(H2,18,24,25)(H2,19,21,26). The van der Waals surface area contributed by atoms with Crippen molar-refractivity contribution in [1.29, 1.82) is 0 Å². The van der Waals surface area contributed by atoms with Gasteiger partial charge >= 0.3 is 0 Å². The van der Waals surface area contributed by atoms with Gasteiger partial charge in [-0.25, -0.2) is 13.6 Å². The molecule has 8 nitrogen and oxygen atoms in total. The minimum Gasteiger partial charge on any atom is -0.330 e. The Bertz CT molecular complexity index is 1090. The number of anilines is 2. The smallest absolute Gasteiger partial charge is 0.279 e. The number of benzene rings is 2. The Kier molecular flexibility index (Phi) is 5.16. The van der Waals surface area contributed by atoms with Gasteiger partial charge in [0.2, 0.25) is 10.0 Å². The highest BCUT2D eigenvalue weighted by atomic mass is 35.5. The van der Waals surface area contributed by atoms with Crippen molar-refractivity contribution in [3.63, 3.8) is 0 Å². The maximum absolute atomic E-state index is 12.4. The van der Waals surface area contributed by atoms with E-state index in [1.165, 1.54) is 23.1 Å². The Balaban J connectivity index is 1.83. The summed E-state index contributed by atoms with van der Waals surface area (Å²) in [5.41, 5.74) is 4.11. The zero-order valence-electron chi connectivity index (χ0n) is 13.9. The molecule has 3 rings (SSSR count). The molecule has 11 heteroatoms. The third-order valence-corrected chi connectivity index (χ3v) is 5.19. The van der Waals surface area contributed by atoms with E-state index in [1.807, 2.05) is 0 Å². The summed E-state index contributed by atoms with van der Waals surface area (Å²) in [4.78, 5) is 13.7. The summed E-state index contributed by atoms with van der Waals surface area (Å²) in [6.45, 7) is 0. The number of amides is 1. The van der Waals surface area contributed by atoms with Crippen LogP contribution in [0.15, 0.2) is 52.5 Å². The molecule has 0 unspecified atom stereocenters. The predicted octanol–water partition coefficient (Wildman–Crippen LogP) is 1.65. The fraction of sp³-hybridized carbons (Fsp3) is 0.0625. The van der Waals surface area contributed by atoms with Crippen LogP contribution in [0.25, 0.3) is 0 Å². The summed E-state index contributed by atoms with van der Waals surface area (Å²) >= 11 is 11.1. The summed E-state index contributed by atoms with van der Waals surface area (Å²) in [7, 11) is -2.31. The van der Waals surface area contributed by atoms with Crippen LogP contribution in [0.2, 0.25) is 5.02 Å². The molecule has 0 fully saturated rings. The highest BCUT2D eigenvalue weighted by Crippen LogP contribution is 2.30. The molecule has 4 N–H and O–H groups in total. The summed E-state index contributed by atoms with van der Waals surface area (Å²) in [6, 6.07) is 11.0. The summed E-state index contributed by atoms with van der Waals surface area (Å²) in [5, 5.41) is 12.4. The van der Waals surface area contributed by atoms with Gasteiger partial charge in [-0.05, 0) is 42.5 Å². The van der Waals surface area contributed by atoms with Crippen molar-refractivity contribution in [1.82, 2.24) is 5.43 Å². The second-order valence-corrected chi connectivity index (χ2v) is 7.97. The first kappa shape index (κ1) is 19.2. The lowest BCUT2D eigenvalue weighted by Gasteiger charge is -2.11. The third kappa shape index (κ3) is 3.93. The lowest BCUT2D eigenvalue weighted by atomic mass is 10.1. The van der Waals surface area contributed by atoms with Crippen LogP contribution in [-0.4, -0.2) is 32.2 Å². The molecule has 0 aliphatic carbocycles. The fourth-order valence-corrected chi connectivity index (χ4v) is 3.58. The first-order valence-corrected chi connectivity index (χ1v) is 9.86. The van der Waals surface area contributed by atoms with Gasteiger partial charge in [-0.3, -0.25) is 10.2 Å². The molecule has 2 aromatic carbocycles. The van der Waals surface area contributed by atoms with Gasteiger partial charge in [0.05, 0.1) is 11.4 Å². The zero-order chi connectivity index (χ0) is 19.8. The SMILES string of the molecule is CN1C(=O)C(=NNC(=S)Nc2ccccc2S(N)(=O)=O)c2cc(Cl)ccc21. The van der Waals surface area contributed by atoms with Crippen LogP contribution in [0, 0.1) is 0 Å². The molecule has 1 amide bonds. The number of hydrazone groups is 1. The lowest BCUT2D eigenvalue weighted by Crippen LogP contribution is -2.30. The van der Waals surface area contributed by atoms with Crippen molar-refractivity contribution in [2.75, 3.05) is 17.3 Å². The maximum atomic E-state index is 12.4. The van der Waals surface area contributed by atoms with Crippen molar-refractivity contribution in [2.45, 2.75) is 4.90 Å². The van der Waals surface area contributed by atoms with Gasteiger partial charge in [-0.15, -0.1) is 0 Å². The fourth-order valence-electron chi connectivity index (χ4n) is 2.56. The summed E-state index contributed by atoms with van der Waals surface area (Å²) in [6.07, 6.45) is 0. The number of thiocarbonyl (C=S) groups is 1. The number of hydrogen-bond donors (Lipinski definition) is 3. The van der Waals surface area contributed by atoms with Crippen molar-refractivity contribution in [3.8, 4) is 0 Å². The van der Waals surface area contributed by atoms with Crippen LogP contribution in [0.1, 0.15) is 5.56 Å². The molecule has 1 aliphatic heterocycles. The van der Waals surface area contributed by atoms with Crippen LogP contribution in [0.4, 0.5) is 11.4 Å². The number of nitrogens with two attached hydrogens (primary N) is 1. The molecule has 1 heterocycles. The lowest BCUT2D eigenvalue weighted by molar-refractivity contribution is -0.111. The quantitative estimate of drug-likeness (QED) is 0.510. The Morgan fingerprint density at radius 2 is 1.96 bits per heavy atom. The molecule has 27 heavy (non-hydrogen) atoms. The molecular formula is C16H14ClN5O3S2. The Labute approximate surface area is 166 Å².